The summed E-state index contributed by atoms with van der Waals surface area (Å²) in [6.07, 6.45) is -0.447. The third-order valence-electron chi connectivity index (χ3n) is 2.93. The molecule has 1 unspecified atom stereocenters. The monoisotopic (exact) mass is 210 g/mol. The maximum absolute atomic E-state index is 9.86. The van der Waals surface area contributed by atoms with Crippen LogP contribution in [0, 0.1) is 27.7 Å². The van der Waals surface area contributed by atoms with Gasteiger partial charge < -0.3 is 5.11 Å². The van der Waals surface area contributed by atoms with Crippen LogP contribution in [0.3, 0.4) is 0 Å². The lowest BCUT2D eigenvalue weighted by Crippen LogP contribution is -2.07. The van der Waals surface area contributed by atoms with Gasteiger partial charge in [0.2, 0.25) is 0 Å². The van der Waals surface area contributed by atoms with E-state index < -0.39 is 6.10 Å². The minimum atomic E-state index is -0.447. The second-order valence-electron chi connectivity index (χ2n) is 3.87. The van der Waals surface area contributed by atoms with Crippen molar-refractivity contribution in [1.29, 1.82) is 0 Å². The van der Waals surface area contributed by atoms with E-state index in [0.717, 1.165) is 5.56 Å². The minimum Gasteiger partial charge on any atom is -0.388 e. The molecule has 0 saturated heterocycles. The van der Waals surface area contributed by atoms with Gasteiger partial charge >= 0.3 is 0 Å². The highest BCUT2D eigenvalue weighted by Crippen LogP contribution is 2.27. The number of thiol groups is 1. The highest BCUT2D eigenvalue weighted by molar-refractivity contribution is 7.80. The Morgan fingerprint density at radius 3 is 1.93 bits per heavy atom. The van der Waals surface area contributed by atoms with E-state index >= 15 is 0 Å². The Kier molecular flexibility index (Phi) is 3.62. The van der Waals surface area contributed by atoms with Gasteiger partial charge in [-0.2, -0.15) is 12.6 Å². The van der Waals surface area contributed by atoms with E-state index in [9.17, 15) is 5.11 Å². The molecule has 1 aromatic rings. The highest BCUT2D eigenvalue weighted by Gasteiger charge is 2.14. The fourth-order valence-electron chi connectivity index (χ4n) is 1.84. The van der Waals surface area contributed by atoms with Gasteiger partial charge in [-0.25, -0.2) is 0 Å². The highest BCUT2D eigenvalue weighted by atomic mass is 32.1. The van der Waals surface area contributed by atoms with Crippen LogP contribution in [0.2, 0.25) is 0 Å². The molecule has 0 radical (unpaired) electrons. The number of benzene rings is 1. The van der Waals surface area contributed by atoms with Crippen LogP contribution in [0.4, 0.5) is 0 Å². The average molecular weight is 210 g/mol. The number of hydrogen-bond donors (Lipinski definition) is 2. The first-order chi connectivity index (χ1) is 6.49. The molecule has 0 aliphatic heterocycles. The molecule has 0 amide bonds. The smallest absolute Gasteiger partial charge is 0.0883 e. The van der Waals surface area contributed by atoms with Gasteiger partial charge in [0.05, 0.1) is 6.10 Å². The zero-order valence-electron chi connectivity index (χ0n) is 9.26. The Labute approximate surface area is 91.6 Å². The Balaban J connectivity index is 3.39. The predicted octanol–water partition coefficient (Wildman–Crippen LogP) is 2.88. The van der Waals surface area contributed by atoms with Crippen LogP contribution >= 0.6 is 12.6 Å². The molecule has 1 atom stereocenters. The standard InChI is InChI=1S/C12H18OS/c1-7-5-8(2)10(4)12(9(7)3)11(13)6-14/h5,11,13-14H,6H2,1-4H3. The van der Waals surface area contributed by atoms with Crippen LogP contribution in [-0.4, -0.2) is 10.9 Å². The fourth-order valence-corrected chi connectivity index (χ4v) is 2.02. The van der Waals surface area contributed by atoms with E-state index in [1.165, 1.54) is 22.3 Å². The van der Waals surface area contributed by atoms with Gasteiger partial charge in [0.1, 0.15) is 0 Å². The summed E-state index contributed by atoms with van der Waals surface area (Å²) in [6, 6.07) is 2.17. The van der Waals surface area contributed by atoms with Crippen LogP contribution in [0.15, 0.2) is 6.07 Å². The second-order valence-corrected chi connectivity index (χ2v) is 4.24. The predicted molar refractivity (Wildman–Crippen MR) is 64.2 cm³/mol. The molecule has 0 fully saturated rings. The zero-order valence-corrected chi connectivity index (χ0v) is 10.2. The van der Waals surface area contributed by atoms with Crippen molar-refractivity contribution in [3.05, 3.63) is 33.9 Å². The topological polar surface area (TPSA) is 20.2 Å². The normalized spacial score (nSPS) is 13.0. The number of aliphatic hydroxyl groups excluding tert-OH is 1. The molecule has 0 heterocycles. The second kappa shape index (κ2) is 4.37. The molecule has 0 aliphatic carbocycles. The van der Waals surface area contributed by atoms with Crippen molar-refractivity contribution >= 4 is 12.6 Å². The molecule has 78 valence electrons. The van der Waals surface area contributed by atoms with Gasteiger partial charge in [-0.3, -0.25) is 0 Å². The quantitative estimate of drug-likeness (QED) is 0.719. The average Bonchev–Trinajstić information content (AvgIpc) is 2.15. The molecule has 1 rings (SSSR count). The number of rotatable bonds is 2. The van der Waals surface area contributed by atoms with E-state index in [0.29, 0.717) is 5.75 Å². The van der Waals surface area contributed by atoms with E-state index in [2.05, 4.69) is 46.4 Å². The van der Waals surface area contributed by atoms with Gasteiger partial charge in [-0.1, -0.05) is 6.07 Å². The summed E-state index contributed by atoms with van der Waals surface area (Å²) < 4.78 is 0. The van der Waals surface area contributed by atoms with Crippen LogP contribution < -0.4 is 0 Å². The summed E-state index contributed by atoms with van der Waals surface area (Å²) in [4.78, 5) is 0. The lowest BCUT2D eigenvalue weighted by Gasteiger charge is -2.18. The number of aliphatic hydroxyl groups is 1. The first-order valence-corrected chi connectivity index (χ1v) is 5.48. The Morgan fingerprint density at radius 2 is 1.57 bits per heavy atom. The molecule has 1 nitrogen and oxygen atoms in total. The summed E-state index contributed by atoms with van der Waals surface area (Å²) in [5, 5.41) is 9.86. The molecular weight excluding hydrogens is 192 g/mol. The fraction of sp³-hybridized carbons (Fsp3) is 0.500. The SMILES string of the molecule is Cc1cc(C)c(C)c(C(O)CS)c1C. The summed E-state index contributed by atoms with van der Waals surface area (Å²) in [5.41, 5.74) is 5.91. The molecule has 0 spiro atoms. The van der Waals surface area contributed by atoms with E-state index in [4.69, 9.17) is 0 Å². The molecule has 0 saturated carbocycles. The van der Waals surface area contributed by atoms with Crippen LogP contribution in [-0.2, 0) is 0 Å². The van der Waals surface area contributed by atoms with Crippen molar-refractivity contribution in [3.63, 3.8) is 0 Å². The Bertz CT molecular complexity index is 318. The molecule has 1 aromatic carbocycles. The van der Waals surface area contributed by atoms with Gasteiger partial charge in [-0.05, 0) is 55.5 Å². The van der Waals surface area contributed by atoms with Crippen LogP contribution in [0.1, 0.15) is 33.9 Å². The number of hydrogen-bond acceptors (Lipinski definition) is 2. The van der Waals surface area contributed by atoms with Crippen molar-refractivity contribution in [2.45, 2.75) is 33.8 Å². The van der Waals surface area contributed by atoms with Crippen LogP contribution in [0.25, 0.3) is 0 Å². The first-order valence-electron chi connectivity index (χ1n) is 4.85. The maximum Gasteiger partial charge on any atom is 0.0883 e. The Hall–Kier alpha value is -0.470. The summed E-state index contributed by atoms with van der Waals surface area (Å²) >= 11 is 4.14. The maximum atomic E-state index is 9.86. The largest absolute Gasteiger partial charge is 0.388 e. The summed E-state index contributed by atoms with van der Waals surface area (Å²) in [7, 11) is 0. The van der Waals surface area contributed by atoms with Crippen molar-refractivity contribution in [1.82, 2.24) is 0 Å². The minimum absolute atomic E-state index is 0.447. The Morgan fingerprint density at radius 1 is 1.14 bits per heavy atom. The van der Waals surface area contributed by atoms with Gasteiger partial charge in [-0.15, -0.1) is 0 Å². The lowest BCUT2D eigenvalue weighted by molar-refractivity contribution is 0.203. The van der Waals surface area contributed by atoms with Gasteiger partial charge in [0.15, 0.2) is 0 Å². The molecule has 2 heteroatoms. The number of aryl methyl sites for hydroxylation is 2. The summed E-state index contributed by atoms with van der Waals surface area (Å²) in [6.45, 7) is 8.28. The van der Waals surface area contributed by atoms with E-state index in [1.807, 2.05) is 0 Å². The van der Waals surface area contributed by atoms with Crippen molar-refractivity contribution in [3.8, 4) is 0 Å². The van der Waals surface area contributed by atoms with Crippen molar-refractivity contribution in [2.24, 2.45) is 0 Å². The third-order valence-corrected chi connectivity index (χ3v) is 3.28. The van der Waals surface area contributed by atoms with E-state index in [1.54, 1.807) is 0 Å². The summed E-state index contributed by atoms with van der Waals surface area (Å²) in [5.74, 6) is 0.477. The van der Waals surface area contributed by atoms with E-state index in [-0.39, 0.29) is 0 Å². The molecule has 0 aromatic heterocycles. The molecule has 0 aliphatic rings. The molecular formula is C12H18OS. The molecule has 0 bridgehead atoms. The molecule has 1 N–H and O–H groups in total. The lowest BCUT2D eigenvalue weighted by atomic mass is 9.91. The first kappa shape index (κ1) is 11.6. The van der Waals surface area contributed by atoms with Crippen molar-refractivity contribution in [2.75, 3.05) is 5.75 Å². The van der Waals surface area contributed by atoms with Gasteiger partial charge in [0, 0.05) is 5.75 Å². The van der Waals surface area contributed by atoms with Crippen molar-refractivity contribution < 1.29 is 5.11 Å². The van der Waals surface area contributed by atoms with Gasteiger partial charge in [0.25, 0.3) is 0 Å². The zero-order chi connectivity index (χ0) is 10.9. The van der Waals surface area contributed by atoms with Crippen LogP contribution in [0.5, 0.6) is 0 Å². The molecule has 14 heavy (non-hydrogen) atoms. The third kappa shape index (κ3) is 1.96.